The first-order valence-corrected chi connectivity index (χ1v) is 6.68. The monoisotopic (exact) mass is 310 g/mol. The molecule has 120 valence electrons. The minimum Gasteiger partial charge on any atom is -0.455 e. The van der Waals surface area contributed by atoms with Gasteiger partial charge in [-0.25, -0.2) is 9.18 Å². The summed E-state index contributed by atoms with van der Waals surface area (Å²) in [7, 11) is 0. The van der Waals surface area contributed by atoms with Gasteiger partial charge in [0.1, 0.15) is 5.82 Å². The number of imide groups is 1. The molecule has 0 atom stereocenters. The molecular formula is C15H19FN2O4. The molecule has 1 aromatic carbocycles. The highest BCUT2D eigenvalue weighted by molar-refractivity contribution is 5.95. The van der Waals surface area contributed by atoms with E-state index < -0.39 is 35.9 Å². The normalized spacial score (nSPS) is 10.7. The van der Waals surface area contributed by atoms with Gasteiger partial charge in [0.25, 0.3) is 5.91 Å². The summed E-state index contributed by atoms with van der Waals surface area (Å²) in [5.74, 6) is -1.77. The zero-order chi connectivity index (χ0) is 16.8. The van der Waals surface area contributed by atoms with E-state index in [2.05, 4.69) is 5.32 Å². The molecule has 7 heteroatoms. The highest BCUT2D eigenvalue weighted by Crippen LogP contribution is 2.04. The third-order valence-electron chi connectivity index (χ3n) is 2.37. The Labute approximate surface area is 128 Å². The largest absolute Gasteiger partial charge is 0.455 e. The Morgan fingerprint density at radius 1 is 1.14 bits per heavy atom. The van der Waals surface area contributed by atoms with Crippen molar-refractivity contribution in [2.24, 2.45) is 0 Å². The predicted molar refractivity (Wildman–Crippen MR) is 77.5 cm³/mol. The quantitative estimate of drug-likeness (QED) is 0.826. The molecule has 2 N–H and O–H groups in total. The number of halogens is 1. The Hall–Kier alpha value is -2.44. The van der Waals surface area contributed by atoms with Crippen molar-refractivity contribution in [3.63, 3.8) is 0 Å². The van der Waals surface area contributed by atoms with Crippen LogP contribution in [0.1, 0.15) is 26.3 Å². The average Bonchev–Trinajstić information content (AvgIpc) is 2.37. The summed E-state index contributed by atoms with van der Waals surface area (Å²) in [4.78, 5) is 34.4. The van der Waals surface area contributed by atoms with Crippen molar-refractivity contribution in [2.75, 3.05) is 6.61 Å². The summed E-state index contributed by atoms with van der Waals surface area (Å²) in [5.41, 5.74) is 0.0844. The Morgan fingerprint density at radius 3 is 2.27 bits per heavy atom. The lowest BCUT2D eigenvalue weighted by Gasteiger charge is -2.20. The molecule has 1 rings (SSSR count). The van der Waals surface area contributed by atoms with Crippen LogP contribution in [0, 0.1) is 5.82 Å². The minimum atomic E-state index is -0.728. The maximum Gasteiger partial charge on any atom is 0.321 e. The Kier molecular flexibility index (Phi) is 6.03. The summed E-state index contributed by atoms with van der Waals surface area (Å²) in [6.45, 7) is 4.73. The van der Waals surface area contributed by atoms with Crippen molar-refractivity contribution < 1.29 is 23.5 Å². The van der Waals surface area contributed by atoms with Gasteiger partial charge in [-0.3, -0.25) is 14.9 Å². The lowest BCUT2D eigenvalue weighted by atomic mass is 10.1. The third kappa shape index (κ3) is 7.37. The number of hydrogen-bond acceptors (Lipinski definition) is 4. The van der Waals surface area contributed by atoms with Crippen LogP contribution in [0.3, 0.4) is 0 Å². The third-order valence-corrected chi connectivity index (χ3v) is 2.37. The number of carbonyl (C=O) groups is 3. The number of nitrogens with one attached hydrogen (secondary N) is 2. The number of urea groups is 1. The van der Waals surface area contributed by atoms with E-state index in [-0.39, 0.29) is 6.42 Å². The first-order valence-electron chi connectivity index (χ1n) is 6.68. The molecule has 0 saturated carbocycles. The highest BCUT2D eigenvalue weighted by Gasteiger charge is 2.16. The van der Waals surface area contributed by atoms with Crippen molar-refractivity contribution >= 4 is 17.9 Å². The zero-order valence-electron chi connectivity index (χ0n) is 12.7. The zero-order valence-corrected chi connectivity index (χ0v) is 12.7. The summed E-state index contributed by atoms with van der Waals surface area (Å²) >= 11 is 0. The molecule has 6 nitrogen and oxygen atoms in total. The maximum atomic E-state index is 12.7. The lowest BCUT2D eigenvalue weighted by Crippen LogP contribution is -2.49. The van der Waals surface area contributed by atoms with Crippen molar-refractivity contribution in [2.45, 2.75) is 32.7 Å². The lowest BCUT2D eigenvalue weighted by molar-refractivity contribution is -0.147. The SMILES string of the molecule is CC(C)(C)NC(=O)NC(=O)COC(=O)Cc1ccc(F)cc1. The summed E-state index contributed by atoms with van der Waals surface area (Å²) in [5, 5.41) is 4.58. The fourth-order valence-corrected chi connectivity index (χ4v) is 1.50. The van der Waals surface area contributed by atoms with E-state index in [1.54, 1.807) is 20.8 Å². The van der Waals surface area contributed by atoms with Crippen LogP contribution < -0.4 is 10.6 Å². The van der Waals surface area contributed by atoms with Crippen molar-refractivity contribution in [1.29, 1.82) is 0 Å². The molecule has 0 bridgehead atoms. The van der Waals surface area contributed by atoms with Crippen LogP contribution in [-0.2, 0) is 20.7 Å². The van der Waals surface area contributed by atoms with Gasteiger partial charge in [-0.05, 0) is 38.5 Å². The van der Waals surface area contributed by atoms with Crippen LogP contribution in [-0.4, -0.2) is 30.1 Å². The number of benzene rings is 1. The Balaban J connectivity index is 2.33. The molecular weight excluding hydrogens is 291 g/mol. The van der Waals surface area contributed by atoms with E-state index in [4.69, 9.17) is 4.74 Å². The topological polar surface area (TPSA) is 84.5 Å². The van der Waals surface area contributed by atoms with E-state index in [0.29, 0.717) is 5.56 Å². The van der Waals surface area contributed by atoms with E-state index >= 15 is 0 Å². The number of esters is 1. The van der Waals surface area contributed by atoms with E-state index in [1.807, 2.05) is 5.32 Å². The van der Waals surface area contributed by atoms with Gasteiger partial charge >= 0.3 is 12.0 Å². The molecule has 0 saturated heterocycles. The van der Waals surface area contributed by atoms with Gasteiger partial charge in [-0.15, -0.1) is 0 Å². The van der Waals surface area contributed by atoms with Gasteiger partial charge in [0.05, 0.1) is 6.42 Å². The van der Waals surface area contributed by atoms with E-state index in [0.717, 1.165) is 0 Å². The average molecular weight is 310 g/mol. The number of rotatable bonds is 4. The fourth-order valence-electron chi connectivity index (χ4n) is 1.50. The van der Waals surface area contributed by atoms with Crippen LogP contribution in [0.2, 0.25) is 0 Å². The molecule has 0 aliphatic rings. The number of hydrogen-bond donors (Lipinski definition) is 2. The molecule has 0 heterocycles. The van der Waals surface area contributed by atoms with Gasteiger partial charge in [-0.1, -0.05) is 12.1 Å². The van der Waals surface area contributed by atoms with E-state index in [1.165, 1.54) is 24.3 Å². The number of carbonyl (C=O) groups excluding carboxylic acids is 3. The van der Waals surface area contributed by atoms with Gasteiger partial charge in [0, 0.05) is 5.54 Å². The summed E-state index contributed by atoms with van der Waals surface area (Å²) in [6, 6.07) is 4.70. The second-order valence-electron chi connectivity index (χ2n) is 5.72. The minimum absolute atomic E-state index is 0.0816. The molecule has 0 spiro atoms. The second-order valence-corrected chi connectivity index (χ2v) is 5.72. The fraction of sp³-hybridized carbons (Fsp3) is 0.400. The van der Waals surface area contributed by atoms with Gasteiger partial charge in [-0.2, -0.15) is 0 Å². The standard InChI is InChI=1S/C15H19FN2O4/c1-15(2,3)18-14(21)17-12(19)9-22-13(20)8-10-4-6-11(16)7-5-10/h4-7H,8-9H2,1-3H3,(H2,17,18,19,21). The molecule has 0 fully saturated rings. The van der Waals surface area contributed by atoms with Crippen molar-refractivity contribution in [1.82, 2.24) is 10.6 Å². The summed E-state index contributed by atoms with van der Waals surface area (Å²) < 4.78 is 17.5. The Bertz CT molecular complexity index is 550. The molecule has 3 amide bonds. The van der Waals surface area contributed by atoms with Crippen molar-refractivity contribution in [3.05, 3.63) is 35.6 Å². The second kappa shape index (κ2) is 7.53. The molecule has 0 unspecified atom stereocenters. The highest BCUT2D eigenvalue weighted by atomic mass is 19.1. The van der Waals surface area contributed by atoms with Gasteiger partial charge in [0.2, 0.25) is 0 Å². The first-order chi connectivity index (χ1) is 10.2. The molecule has 0 aliphatic carbocycles. The first kappa shape index (κ1) is 17.6. The van der Waals surface area contributed by atoms with Gasteiger partial charge < -0.3 is 10.1 Å². The molecule has 0 aliphatic heterocycles. The molecule has 22 heavy (non-hydrogen) atoms. The van der Waals surface area contributed by atoms with Crippen LogP contribution >= 0.6 is 0 Å². The maximum absolute atomic E-state index is 12.7. The van der Waals surface area contributed by atoms with E-state index in [9.17, 15) is 18.8 Å². The van der Waals surface area contributed by atoms with Crippen LogP contribution in [0.5, 0.6) is 0 Å². The number of ether oxygens (including phenoxy) is 1. The Morgan fingerprint density at radius 2 is 1.73 bits per heavy atom. The number of amides is 3. The predicted octanol–water partition coefficient (Wildman–Crippen LogP) is 1.54. The van der Waals surface area contributed by atoms with Crippen LogP contribution in [0.15, 0.2) is 24.3 Å². The molecule has 1 aromatic rings. The van der Waals surface area contributed by atoms with Crippen LogP contribution in [0.25, 0.3) is 0 Å². The van der Waals surface area contributed by atoms with Crippen LogP contribution in [0.4, 0.5) is 9.18 Å². The van der Waals surface area contributed by atoms with Gasteiger partial charge in [0.15, 0.2) is 6.61 Å². The molecule has 0 aromatic heterocycles. The smallest absolute Gasteiger partial charge is 0.321 e. The molecule has 0 radical (unpaired) electrons. The van der Waals surface area contributed by atoms with Crippen molar-refractivity contribution in [3.8, 4) is 0 Å². The summed E-state index contributed by atoms with van der Waals surface area (Å²) in [6.07, 6.45) is -0.0816.